The molecule has 0 aromatic carbocycles. The summed E-state index contributed by atoms with van der Waals surface area (Å²) in [6.07, 6.45) is 2.02. The largest absolute Gasteiger partial charge is 0.350 e. The molecule has 124 valence electrons. The number of aryl methyl sites for hydroxylation is 1. The van der Waals surface area contributed by atoms with E-state index in [0.717, 1.165) is 26.2 Å². The number of hydrogen-bond acceptors (Lipinski definition) is 4. The van der Waals surface area contributed by atoms with Crippen LogP contribution in [0.4, 0.5) is 0 Å². The van der Waals surface area contributed by atoms with Gasteiger partial charge < -0.3 is 10.2 Å². The first-order chi connectivity index (χ1) is 10.7. The lowest BCUT2D eigenvalue weighted by Crippen LogP contribution is -2.33. The van der Waals surface area contributed by atoms with E-state index in [1.54, 1.807) is 18.3 Å². The third kappa shape index (κ3) is 2.86. The van der Waals surface area contributed by atoms with Crippen molar-refractivity contribution >= 4 is 24.0 Å². The molecular formula is C15H20ClN5O2. The van der Waals surface area contributed by atoms with Crippen molar-refractivity contribution in [3.8, 4) is 0 Å². The van der Waals surface area contributed by atoms with Crippen LogP contribution in [0.3, 0.4) is 0 Å². The predicted octanol–water partition coefficient (Wildman–Crippen LogP) is -0.0143. The van der Waals surface area contributed by atoms with E-state index in [0.29, 0.717) is 30.4 Å². The molecular weight excluding hydrogens is 318 g/mol. The summed E-state index contributed by atoms with van der Waals surface area (Å²) in [7, 11) is 0. The zero-order chi connectivity index (χ0) is 15.1. The van der Waals surface area contributed by atoms with Crippen LogP contribution in [0.1, 0.15) is 6.42 Å². The van der Waals surface area contributed by atoms with Gasteiger partial charge in [0.2, 0.25) is 5.91 Å². The molecule has 2 saturated heterocycles. The molecule has 4 heterocycles. The Balaban J connectivity index is 0.00000156. The average Bonchev–Trinajstić information content (AvgIpc) is 3.19. The number of aromatic nitrogens is 3. The summed E-state index contributed by atoms with van der Waals surface area (Å²) in [5.41, 5.74) is 0.424. The molecule has 2 aromatic heterocycles. The summed E-state index contributed by atoms with van der Waals surface area (Å²) >= 11 is 0. The lowest BCUT2D eigenvalue weighted by Gasteiger charge is -2.17. The molecule has 0 saturated carbocycles. The van der Waals surface area contributed by atoms with E-state index < -0.39 is 0 Å². The highest BCUT2D eigenvalue weighted by molar-refractivity contribution is 5.85. The molecule has 1 N–H and O–H groups in total. The van der Waals surface area contributed by atoms with Crippen molar-refractivity contribution in [1.82, 2.24) is 24.4 Å². The van der Waals surface area contributed by atoms with Crippen LogP contribution < -0.4 is 11.0 Å². The Morgan fingerprint density at radius 3 is 2.70 bits per heavy atom. The SMILES string of the molecule is Cl.O=C(CCn1nc2ccccn2c1=O)N1C[C@H]2CNC[C@H]2C1. The second kappa shape index (κ2) is 6.33. The van der Waals surface area contributed by atoms with Gasteiger partial charge in [-0.05, 0) is 24.0 Å². The number of carbonyl (C=O) groups excluding carboxylic acids is 1. The lowest BCUT2D eigenvalue weighted by atomic mass is 10.0. The van der Waals surface area contributed by atoms with Gasteiger partial charge >= 0.3 is 5.69 Å². The molecule has 4 rings (SSSR count). The topological polar surface area (TPSA) is 71.6 Å². The number of fused-ring (bicyclic) bond motifs is 2. The molecule has 0 bridgehead atoms. The monoisotopic (exact) mass is 337 g/mol. The summed E-state index contributed by atoms with van der Waals surface area (Å²) in [5, 5.41) is 7.62. The third-order valence-corrected chi connectivity index (χ3v) is 4.77. The quantitative estimate of drug-likeness (QED) is 0.855. The van der Waals surface area contributed by atoms with Crippen LogP contribution in [0.5, 0.6) is 0 Å². The Kier molecular flexibility index (Phi) is 4.41. The normalized spacial score (nSPS) is 23.0. The van der Waals surface area contributed by atoms with Crippen LogP contribution in [0, 0.1) is 11.8 Å². The van der Waals surface area contributed by atoms with Gasteiger partial charge in [-0.1, -0.05) is 6.07 Å². The van der Waals surface area contributed by atoms with E-state index in [1.807, 2.05) is 11.0 Å². The molecule has 23 heavy (non-hydrogen) atoms. The van der Waals surface area contributed by atoms with Crippen LogP contribution in [0.25, 0.3) is 5.65 Å². The number of carbonyl (C=O) groups is 1. The van der Waals surface area contributed by atoms with Gasteiger partial charge in [0, 0.05) is 38.8 Å². The van der Waals surface area contributed by atoms with Crippen molar-refractivity contribution in [3.63, 3.8) is 0 Å². The maximum absolute atomic E-state index is 12.3. The van der Waals surface area contributed by atoms with Gasteiger partial charge in [-0.15, -0.1) is 17.5 Å². The molecule has 2 aromatic rings. The highest BCUT2D eigenvalue weighted by atomic mass is 35.5. The number of nitrogens with zero attached hydrogens (tertiary/aromatic N) is 4. The summed E-state index contributed by atoms with van der Waals surface area (Å²) in [6, 6.07) is 5.42. The summed E-state index contributed by atoms with van der Waals surface area (Å²) in [5.74, 6) is 1.32. The number of pyridine rings is 1. The smallest absolute Gasteiger partial charge is 0.342 e. The minimum atomic E-state index is -0.189. The molecule has 2 aliphatic heterocycles. The first-order valence-electron chi connectivity index (χ1n) is 7.75. The Labute approximate surface area is 139 Å². The molecule has 1 amide bonds. The minimum Gasteiger partial charge on any atom is -0.342 e. The Bertz CT molecular complexity index is 759. The van der Waals surface area contributed by atoms with Crippen molar-refractivity contribution in [1.29, 1.82) is 0 Å². The van der Waals surface area contributed by atoms with Gasteiger partial charge in [-0.25, -0.2) is 9.48 Å². The number of hydrogen-bond donors (Lipinski definition) is 1. The first-order valence-corrected chi connectivity index (χ1v) is 7.75. The zero-order valence-electron chi connectivity index (χ0n) is 12.7. The van der Waals surface area contributed by atoms with E-state index in [1.165, 1.54) is 9.08 Å². The van der Waals surface area contributed by atoms with Gasteiger partial charge in [-0.3, -0.25) is 9.20 Å². The molecule has 0 spiro atoms. The molecule has 7 nitrogen and oxygen atoms in total. The minimum absolute atomic E-state index is 0. The van der Waals surface area contributed by atoms with Gasteiger partial charge in [0.05, 0.1) is 6.54 Å². The van der Waals surface area contributed by atoms with Crippen LogP contribution in [-0.2, 0) is 11.3 Å². The van der Waals surface area contributed by atoms with Gasteiger partial charge in [0.25, 0.3) is 0 Å². The molecule has 2 atom stereocenters. The van der Waals surface area contributed by atoms with E-state index >= 15 is 0 Å². The number of nitrogens with one attached hydrogen (secondary N) is 1. The van der Waals surface area contributed by atoms with Crippen LogP contribution in [0.2, 0.25) is 0 Å². The fourth-order valence-corrected chi connectivity index (χ4v) is 3.53. The fraction of sp³-hybridized carbons (Fsp3) is 0.533. The van der Waals surface area contributed by atoms with Crippen LogP contribution in [0.15, 0.2) is 29.2 Å². The van der Waals surface area contributed by atoms with Crippen molar-refractivity contribution in [3.05, 3.63) is 34.9 Å². The van der Waals surface area contributed by atoms with E-state index in [9.17, 15) is 9.59 Å². The first kappa shape index (κ1) is 16.0. The van der Waals surface area contributed by atoms with E-state index in [4.69, 9.17) is 0 Å². The molecule has 0 radical (unpaired) electrons. The van der Waals surface area contributed by atoms with E-state index in [-0.39, 0.29) is 24.0 Å². The Morgan fingerprint density at radius 1 is 1.26 bits per heavy atom. The molecule has 2 fully saturated rings. The summed E-state index contributed by atoms with van der Waals surface area (Å²) < 4.78 is 2.88. The highest BCUT2D eigenvalue weighted by Crippen LogP contribution is 2.26. The van der Waals surface area contributed by atoms with Crippen LogP contribution >= 0.6 is 12.4 Å². The van der Waals surface area contributed by atoms with Crippen molar-refractivity contribution in [2.45, 2.75) is 13.0 Å². The van der Waals surface area contributed by atoms with Crippen molar-refractivity contribution in [2.24, 2.45) is 11.8 Å². The fourth-order valence-electron chi connectivity index (χ4n) is 3.53. The van der Waals surface area contributed by atoms with Gasteiger partial charge in [0.15, 0.2) is 5.65 Å². The summed E-state index contributed by atoms with van der Waals surface area (Å²) in [4.78, 5) is 26.4. The second-order valence-electron chi connectivity index (χ2n) is 6.16. The Morgan fingerprint density at radius 2 is 2.00 bits per heavy atom. The molecule has 2 aliphatic rings. The zero-order valence-corrected chi connectivity index (χ0v) is 13.5. The highest BCUT2D eigenvalue weighted by Gasteiger charge is 2.37. The predicted molar refractivity (Wildman–Crippen MR) is 87.7 cm³/mol. The number of halogens is 1. The van der Waals surface area contributed by atoms with Gasteiger partial charge in [0.1, 0.15) is 0 Å². The van der Waals surface area contributed by atoms with E-state index in [2.05, 4.69) is 10.4 Å². The average molecular weight is 338 g/mol. The van der Waals surface area contributed by atoms with Crippen LogP contribution in [-0.4, -0.2) is 51.2 Å². The maximum Gasteiger partial charge on any atom is 0.350 e. The second-order valence-corrected chi connectivity index (χ2v) is 6.16. The number of rotatable bonds is 3. The maximum atomic E-state index is 12.3. The molecule has 0 aliphatic carbocycles. The molecule has 8 heteroatoms. The molecule has 0 unspecified atom stereocenters. The van der Waals surface area contributed by atoms with Crippen molar-refractivity contribution in [2.75, 3.05) is 26.2 Å². The number of likely N-dealkylation sites (tertiary alicyclic amines) is 1. The van der Waals surface area contributed by atoms with Gasteiger partial charge in [-0.2, -0.15) is 0 Å². The third-order valence-electron chi connectivity index (χ3n) is 4.77. The summed E-state index contributed by atoms with van der Waals surface area (Å²) in [6.45, 7) is 4.05. The lowest BCUT2D eigenvalue weighted by molar-refractivity contribution is -0.130. The standard InChI is InChI=1S/C15H19N5O2.ClH/c21-14(18-9-11-7-16-8-12(11)10-18)4-6-20-15(22)19-5-2-1-3-13(19)17-20;/h1-3,5,11-12,16H,4,6-10H2;1H/t11-,12+;. The number of amides is 1. The van der Waals surface area contributed by atoms with Crippen molar-refractivity contribution < 1.29 is 4.79 Å². The Hall–Kier alpha value is -1.86.